The Morgan fingerprint density at radius 2 is 1.85 bits per heavy atom. The fourth-order valence-corrected chi connectivity index (χ4v) is 4.10. The van der Waals surface area contributed by atoms with Gasteiger partial charge in [0.1, 0.15) is 5.82 Å². The summed E-state index contributed by atoms with van der Waals surface area (Å²) in [5.74, 6) is -1.32. The fourth-order valence-electron chi connectivity index (χ4n) is 4.10. The van der Waals surface area contributed by atoms with E-state index in [4.69, 9.17) is 4.99 Å². The number of carboxylic acids is 1. The highest BCUT2D eigenvalue weighted by Crippen LogP contribution is 2.53. The molecule has 2 aromatic rings. The van der Waals surface area contributed by atoms with Crippen molar-refractivity contribution in [2.75, 3.05) is 0 Å². The number of hydrogen-bond donors (Lipinski definition) is 1. The summed E-state index contributed by atoms with van der Waals surface area (Å²) in [5.41, 5.74) is 4.29. The summed E-state index contributed by atoms with van der Waals surface area (Å²) in [6.45, 7) is 0. The lowest BCUT2D eigenvalue weighted by atomic mass is 9.63. The van der Waals surface area contributed by atoms with Crippen molar-refractivity contribution in [3.63, 3.8) is 0 Å². The Morgan fingerprint density at radius 1 is 1.07 bits per heavy atom. The van der Waals surface area contributed by atoms with Gasteiger partial charge in [-0.05, 0) is 52.6 Å². The number of halogens is 1. The van der Waals surface area contributed by atoms with Crippen molar-refractivity contribution in [1.29, 1.82) is 0 Å². The van der Waals surface area contributed by atoms with E-state index in [0.29, 0.717) is 5.57 Å². The number of benzene rings is 2. The minimum Gasteiger partial charge on any atom is -0.478 e. The molecular weight excluding hydrogens is 341 g/mol. The molecule has 2 aliphatic carbocycles. The number of nitrogens with zero attached hydrogens (tertiary/aromatic N) is 1. The first-order valence-corrected chi connectivity index (χ1v) is 8.61. The van der Waals surface area contributed by atoms with E-state index in [1.807, 2.05) is 48.6 Å². The van der Waals surface area contributed by atoms with Crippen molar-refractivity contribution in [3.8, 4) is 0 Å². The molecule has 0 aromatic heterocycles. The van der Waals surface area contributed by atoms with Crippen LogP contribution in [-0.2, 0) is 10.2 Å². The lowest BCUT2D eigenvalue weighted by Gasteiger charge is -2.36. The van der Waals surface area contributed by atoms with Gasteiger partial charge in [-0.25, -0.2) is 9.18 Å². The maximum absolute atomic E-state index is 13.4. The number of rotatable bonds is 2. The standard InChI is InChI=1S/C23H14FNO2/c24-16-10-8-14(9-11-16)15-12-17(22(26)27)18-5-3-7-21-23(18,13-15)19-4-1-2-6-20(19)25-21/h1-13H,(H,26,27). The van der Waals surface area contributed by atoms with Crippen LogP contribution in [0.3, 0.4) is 0 Å². The predicted molar refractivity (Wildman–Crippen MR) is 103 cm³/mol. The molecule has 4 heteroatoms. The van der Waals surface area contributed by atoms with Crippen molar-refractivity contribution in [1.82, 2.24) is 0 Å². The molecule has 0 amide bonds. The largest absolute Gasteiger partial charge is 0.478 e. The number of carboxylic acid groups (broad SMARTS) is 1. The monoisotopic (exact) mass is 355 g/mol. The smallest absolute Gasteiger partial charge is 0.336 e. The zero-order chi connectivity index (χ0) is 18.6. The van der Waals surface area contributed by atoms with Crippen LogP contribution in [0, 0.1) is 5.82 Å². The van der Waals surface area contributed by atoms with Crippen LogP contribution in [-0.4, -0.2) is 16.8 Å². The normalized spacial score (nSPS) is 22.0. The SMILES string of the molecule is O=C(O)C1=CC(c2ccc(F)cc2)=CC23C1=CC=CC2=Nc1ccccc13. The summed E-state index contributed by atoms with van der Waals surface area (Å²) in [7, 11) is 0. The molecule has 0 bridgehead atoms. The van der Waals surface area contributed by atoms with Gasteiger partial charge in [0.25, 0.3) is 0 Å². The Hall–Kier alpha value is -3.53. The first-order chi connectivity index (χ1) is 13.1. The Balaban J connectivity index is 1.82. The third-order valence-electron chi connectivity index (χ3n) is 5.29. The summed E-state index contributed by atoms with van der Waals surface area (Å²) in [6.07, 6.45) is 9.31. The second kappa shape index (κ2) is 5.48. The molecule has 1 spiro atoms. The average molecular weight is 355 g/mol. The van der Waals surface area contributed by atoms with Gasteiger partial charge in [-0.2, -0.15) is 0 Å². The highest BCUT2D eigenvalue weighted by atomic mass is 19.1. The first-order valence-electron chi connectivity index (χ1n) is 8.61. The zero-order valence-corrected chi connectivity index (χ0v) is 14.2. The van der Waals surface area contributed by atoms with Gasteiger partial charge in [0.15, 0.2) is 0 Å². The number of carbonyl (C=O) groups is 1. The molecule has 3 nitrogen and oxygen atoms in total. The molecule has 1 heterocycles. The van der Waals surface area contributed by atoms with E-state index in [1.54, 1.807) is 18.2 Å². The highest BCUT2D eigenvalue weighted by Gasteiger charge is 2.48. The molecule has 1 unspecified atom stereocenters. The number of aliphatic carboxylic acids is 1. The lowest BCUT2D eigenvalue weighted by Crippen LogP contribution is -2.37. The van der Waals surface area contributed by atoms with Gasteiger partial charge in [0.05, 0.1) is 22.4 Å². The van der Waals surface area contributed by atoms with Crippen LogP contribution in [0.1, 0.15) is 11.1 Å². The van der Waals surface area contributed by atoms with E-state index in [2.05, 4.69) is 0 Å². The topological polar surface area (TPSA) is 49.7 Å². The zero-order valence-electron chi connectivity index (χ0n) is 14.2. The molecule has 1 aliphatic heterocycles. The number of aliphatic imine (C=N–C) groups is 1. The van der Waals surface area contributed by atoms with Crippen LogP contribution >= 0.6 is 0 Å². The van der Waals surface area contributed by atoms with E-state index in [9.17, 15) is 14.3 Å². The van der Waals surface area contributed by atoms with E-state index >= 15 is 0 Å². The third kappa shape index (κ3) is 2.13. The first kappa shape index (κ1) is 15.7. The molecule has 3 aliphatic rings. The minimum atomic E-state index is -0.993. The summed E-state index contributed by atoms with van der Waals surface area (Å²) in [5, 5.41) is 9.89. The van der Waals surface area contributed by atoms with Gasteiger partial charge in [0.2, 0.25) is 0 Å². The van der Waals surface area contributed by atoms with E-state index < -0.39 is 11.4 Å². The molecule has 5 rings (SSSR count). The molecular formula is C23H14FNO2. The van der Waals surface area contributed by atoms with Gasteiger partial charge < -0.3 is 5.11 Å². The second-order valence-electron chi connectivity index (χ2n) is 6.73. The van der Waals surface area contributed by atoms with Gasteiger partial charge >= 0.3 is 5.97 Å². The summed E-state index contributed by atoms with van der Waals surface area (Å²) >= 11 is 0. The van der Waals surface area contributed by atoms with Crippen LogP contribution in [0.15, 0.2) is 95.0 Å². The van der Waals surface area contributed by atoms with Crippen molar-refractivity contribution >= 4 is 22.9 Å². The number of allylic oxidation sites excluding steroid dienone is 6. The quantitative estimate of drug-likeness (QED) is 0.845. The number of hydrogen-bond acceptors (Lipinski definition) is 2. The molecule has 0 saturated heterocycles. The summed E-state index contributed by atoms with van der Waals surface area (Å²) in [4.78, 5) is 16.8. The van der Waals surface area contributed by atoms with Crippen molar-refractivity contribution in [2.45, 2.75) is 5.41 Å². The number of fused-ring (bicyclic) bond motifs is 1. The third-order valence-corrected chi connectivity index (χ3v) is 5.29. The van der Waals surface area contributed by atoms with Crippen LogP contribution < -0.4 is 0 Å². The Bertz CT molecular complexity index is 1150. The van der Waals surface area contributed by atoms with Crippen LogP contribution in [0.4, 0.5) is 10.1 Å². The Kier molecular flexibility index (Phi) is 3.19. The van der Waals surface area contributed by atoms with Crippen LogP contribution in [0.2, 0.25) is 0 Å². The van der Waals surface area contributed by atoms with E-state index in [1.165, 1.54) is 12.1 Å². The van der Waals surface area contributed by atoms with E-state index in [-0.39, 0.29) is 11.4 Å². The van der Waals surface area contributed by atoms with Crippen molar-refractivity contribution in [2.24, 2.45) is 4.99 Å². The van der Waals surface area contributed by atoms with E-state index in [0.717, 1.165) is 28.1 Å². The maximum atomic E-state index is 13.4. The minimum absolute atomic E-state index is 0.227. The molecule has 1 atom stereocenters. The Labute approximate surface area is 155 Å². The maximum Gasteiger partial charge on any atom is 0.336 e. The predicted octanol–water partition coefficient (Wildman–Crippen LogP) is 4.75. The summed E-state index contributed by atoms with van der Waals surface area (Å²) < 4.78 is 13.4. The average Bonchev–Trinajstić information content (AvgIpc) is 3.00. The van der Waals surface area contributed by atoms with Crippen molar-refractivity contribution in [3.05, 3.63) is 107 Å². The number of para-hydroxylation sites is 1. The van der Waals surface area contributed by atoms with Gasteiger partial charge in [-0.3, -0.25) is 4.99 Å². The molecule has 27 heavy (non-hydrogen) atoms. The van der Waals surface area contributed by atoms with Crippen LogP contribution in [0.25, 0.3) is 5.57 Å². The lowest BCUT2D eigenvalue weighted by molar-refractivity contribution is -0.132. The fraction of sp³-hybridized carbons (Fsp3) is 0.0435. The van der Waals surface area contributed by atoms with Gasteiger partial charge in [0, 0.05) is 0 Å². The Morgan fingerprint density at radius 3 is 2.63 bits per heavy atom. The van der Waals surface area contributed by atoms with Crippen LogP contribution in [0.5, 0.6) is 0 Å². The summed E-state index contributed by atoms with van der Waals surface area (Å²) in [6, 6.07) is 13.9. The molecule has 130 valence electrons. The van der Waals surface area contributed by atoms with Gasteiger partial charge in [-0.1, -0.05) is 48.6 Å². The van der Waals surface area contributed by atoms with Gasteiger partial charge in [-0.15, -0.1) is 0 Å². The molecule has 1 N–H and O–H groups in total. The molecule has 0 radical (unpaired) electrons. The highest BCUT2D eigenvalue weighted by molar-refractivity contribution is 6.18. The second-order valence-corrected chi connectivity index (χ2v) is 6.73. The molecule has 0 saturated carbocycles. The van der Waals surface area contributed by atoms with Crippen molar-refractivity contribution < 1.29 is 14.3 Å². The molecule has 2 aromatic carbocycles. The molecule has 0 fully saturated rings.